The summed E-state index contributed by atoms with van der Waals surface area (Å²) in [5, 5.41) is 0.0524. The summed E-state index contributed by atoms with van der Waals surface area (Å²) in [6.45, 7) is 0.197. The Morgan fingerprint density at radius 3 is 2.86 bits per heavy atom. The van der Waals surface area contributed by atoms with Gasteiger partial charge in [0.1, 0.15) is 5.82 Å². The molecule has 0 fully saturated rings. The number of hydrogen-bond donors (Lipinski definition) is 1. The number of halogens is 2. The molecule has 0 spiro atoms. The molecule has 0 radical (unpaired) electrons. The number of nitrogens with one attached hydrogen (secondary N) is 1. The zero-order valence-corrected chi connectivity index (χ0v) is 12.1. The van der Waals surface area contributed by atoms with Crippen molar-refractivity contribution < 1.29 is 13.9 Å². The van der Waals surface area contributed by atoms with Gasteiger partial charge in [0.05, 0.1) is 21.7 Å². The summed E-state index contributed by atoms with van der Waals surface area (Å²) in [5.41, 5.74) is 2.04. The Balaban J connectivity index is 2.00. The number of aromatic nitrogens is 2. The molecule has 0 unspecified atom stereocenters. The molecule has 7 heteroatoms. The van der Waals surface area contributed by atoms with E-state index in [2.05, 4.69) is 4.98 Å². The number of fused-ring (bicyclic) bond motifs is 2. The van der Waals surface area contributed by atoms with Gasteiger partial charge in [0.15, 0.2) is 16.3 Å². The number of H-pyrrole nitrogens is 1. The summed E-state index contributed by atoms with van der Waals surface area (Å²) < 4.78 is 26.6. The van der Waals surface area contributed by atoms with E-state index in [9.17, 15) is 4.39 Å². The van der Waals surface area contributed by atoms with Crippen molar-refractivity contribution in [1.82, 2.24) is 9.55 Å². The maximum absolute atomic E-state index is 13.7. The van der Waals surface area contributed by atoms with Crippen LogP contribution in [0.2, 0.25) is 5.02 Å². The summed E-state index contributed by atoms with van der Waals surface area (Å²) in [7, 11) is 0. The molecule has 0 saturated heterocycles. The highest BCUT2D eigenvalue weighted by Gasteiger charge is 2.16. The monoisotopic (exact) mass is 322 g/mol. The van der Waals surface area contributed by atoms with Crippen LogP contribution in [-0.2, 0) is 0 Å². The molecule has 0 bridgehead atoms. The van der Waals surface area contributed by atoms with E-state index in [4.69, 9.17) is 33.3 Å². The summed E-state index contributed by atoms with van der Waals surface area (Å²) in [6.07, 6.45) is 0. The summed E-state index contributed by atoms with van der Waals surface area (Å²) >= 11 is 11.1. The average molecular weight is 323 g/mol. The van der Waals surface area contributed by atoms with E-state index in [0.29, 0.717) is 27.3 Å². The largest absolute Gasteiger partial charge is 0.454 e. The van der Waals surface area contributed by atoms with Crippen LogP contribution in [0.3, 0.4) is 0 Å². The van der Waals surface area contributed by atoms with Crippen LogP contribution in [0.5, 0.6) is 11.5 Å². The van der Waals surface area contributed by atoms with Crippen molar-refractivity contribution in [3.8, 4) is 17.2 Å². The molecule has 0 aliphatic carbocycles. The summed E-state index contributed by atoms with van der Waals surface area (Å²) in [4.78, 5) is 3.02. The van der Waals surface area contributed by atoms with Crippen LogP contribution in [0.15, 0.2) is 30.3 Å². The predicted octanol–water partition coefficient (Wildman–Crippen LogP) is 4.21. The summed E-state index contributed by atoms with van der Waals surface area (Å²) in [5.74, 6) is 0.824. The third-order valence-corrected chi connectivity index (χ3v) is 3.91. The van der Waals surface area contributed by atoms with Crippen LogP contribution < -0.4 is 9.47 Å². The minimum absolute atomic E-state index is 0.0524. The van der Waals surface area contributed by atoms with Gasteiger partial charge in [-0.1, -0.05) is 11.6 Å². The Morgan fingerprint density at radius 1 is 1.19 bits per heavy atom. The number of ether oxygens (including phenoxy) is 2. The van der Waals surface area contributed by atoms with E-state index in [1.807, 2.05) is 6.07 Å². The van der Waals surface area contributed by atoms with E-state index in [1.165, 1.54) is 12.1 Å². The fourth-order valence-electron chi connectivity index (χ4n) is 2.38. The first-order valence-electron chi connectivity index (χ1n) is 6.13. The van der Waals surface area contributed by atoms with Gasteiger partial charge < -0.3 is 14.5 Å². The molecule has 1 aliphatic heterocycles. The molecule has 2 aromatic carbocycles. The van der Waals surface area contributed by atoms with Gasteiger partial charge >= 0.3 is 0 Å². The molecule has 1 aromatic heterocycles. The molecule has 3 aromatic rings. The van der Waals surface area contributed by atoms with Gasteiger partial charge in [0.25, 0.3) is 0 Å². The van der Waals surface area contributed by atoms with Crippen LogP contribution in [0.1, 0.15) is 0 Å². The maximum atomic E-state index is 13.7. The minimum atomic E-state index is -0.493. The molecule has 0 saturated carbocycles. The minimum Gasteiger partial charge on any atom is -0.454 e. The van der Waals surface area contributed by atoms with Gasteiger partial charge in [0.2, 0.25) is 6.79 Å². The first-order chi connectivity index (χ1) is 10.1. The SMILES string of the molecule is Fc1cc2c(cc1Cl)[nH]c(=S)n2-c1ccc2c(c1)OCO2. The number of aromatic amines is 1. The number of rotatable bonds is 1. The predicted molar refractivity (Wildman–Crippen MR) is 79.6 cm³/mol. The van der Waals surface area contributed by atoms with Crippen molar-refractivity contribution >= 4 is 34.9 Å². The van der Waals surface area contributed by atoms with Crippen molar-refractivity contribution in [2.45, 2.75) is 0 Å². The summed E-state index contributed by atoms with van der Waals surface area (Å²) in [6, 6.07) is 8.31. The van der Waals surface area contributed by atoms with E-state index in [-0.39, 0.29) is 11.8 Å². The highest BCUT2D eigenvalue weighted by atomic mass is 35.5. The molecule has 106 valence electrons. The third kappa shape index (κ3) is 1.91. The number of hydrogen-bond acceptors (Lipinski definition) is 3. The Bertz CT molecular complexity index is 935. The van der Waals surface area contributed by atoms with Crippen molar-refractivity contribution in [3.63, 3.8) is 0 Å². The van der Waals surface area contributed by atoms with E-state index in [1.54, 1.807) is 16.7 Å². The lowest BCUT2D eigenvalue weighted by Gasteiger charge is -2.06. The van der Waals surface area contributed by atoms with Crippen LogP contribution in [0.4, 0.5) is 4.39 Å². The lowest BCUT2D eigenvalue weighted by atomic mass is 10.2. The van der Waals surface area contributed by atoms with Crippen LogP contribution in [0.25, 0.3) is 16.7 Å². The van der Waals surface area contributed by atoms with Crippen LogP contribution in [0, 0.1) is 10.6 Å². The van der Waals surface area contributed by atoms with Crippen molar-refractivity contribution in [1.29, 1.82) is 0 Å². The van der Waals surface area contributed by atoms with Gasteiger partial charge in [-0.25, -0.2) is 4.39 Å². The molecular formula is C14H8ClFN2O2S. The highest BCUT2D eigenvalue weighted by molar-refractivity contribution is 7.71. The molecular weight excluding hydrogens is 315 g/mol. The first-order valence-corrected chi connectivity index (χ1v) is 6.92. The van der Waals surface area contributed by atoms with Crippen LogP contribution >= 0.6 is 23.8 Å². The van der Waals surface area contributed by atoms with E-state index in [0.717, 1.165) is 5.69 Å². The molecule has 0 amide bonds. The number of benzene rings is 2. The lowest BCUT2D eigenvalue weighted by molar-refractivity contribution is 0.174. The van der Waals surface area contributed by atoms with Gasteiger partial charge in [0, 0.05) is 12.1 Å². The average Bonchev–Trinajstić information content (AvgIpc) is 3.02. The van der Waals surface area contributed by atoms with Gasteiger partial charge in [-0.15, -0.1) is 0 Å². The first kappa shape index (κ1) is 12.7. The lowest BCUT2D eigenvalue weighted by Crippen LogP contribution is -1.95. The third-order valence-electron chi connectivity index (χ3n) is 3.34. The normalized spacial score (nSPS) is 13.0. The zero-order chi connectivity index (χ0) is 14.6. The zero-order valence-electron chi connectivity index (χ0n) is 10.5. The molecule has 0 atom stereocenters. The Kier molecular flexibility index (Phi) is 2.70. The molecule has 1 N–H and O–H groups in total. The van der Waals surface area contributed by atoms with Gasteiger partial charge in [-0.3, -0.25) is 4.57 Å². The molecule has 4 rings (SSSR count). The standard InChI is InChI=1S/C14H8ClFN2O2S/c15-8-4-10-11(5-9(8)16)18(14(21)17-10)7-1-2-12-13(3-7)20-6-19-12/h1-5H,6H2,(H,17,21). The Morgan fingerprint density at radius 2 is 2.00 bits per heavy atom. The van der Waals surface area contributed by atoms with Gasteiger partial charge in [-0.05, 0) is 30.4 Å². The molecule has 21 heavy (non-hydrogen) atoms. The van der Waals surface area contributed by atoms with Gasteiger partial charge in [-0.2, -0.15) is 0 Å². The molecule has 4 nitrogen and oxygen atoms in total. The Labute approximate surface area is 128 Å². The topological polar surface area (TPSA) is 39.2 Å². The molecule has 2 heterocycles. The van der Waals surface area contributed by atoms with E-state index < -0.39 is 5.82 Å². The second-order valence-corrected chi connectivity index (χ2v) is 5.38. The van der Waals surface area contributed by atoms with E-state index >= 15 is 0 Å². The highest BCUT2D eigenvalue weighted by Crippen LogP contribution is 2.35. The smallest absolute Gasteiger partial charge is 0.231 e. The maximum Gasteiger partial charge on any atom is 0.231 e. The Hall–Kier alpha value is -2.05. The van der Waals surface area contributed by atoms with Crippen molar-refractivity contribution in [3.05, 3.63) is 45.9 Å². The molecule has 1 aliphatic rings. The van der Waals surface area contributed by atoms with Crippen LogP contribution in [-0.4, -0.2) is 16.3 Å². The van der Waals surface area contributed by atoms with Crippen molar-refractivity contribution in [2.24, 2.45) is 0 Å². The number of nitrogens with zero attached hydrogens (tertiary/aromatic N) is 1. The number of imidazole rings is 1. The quantitative estimate of drug-likeness (QED) is 0.682. The fraction of sp³-hybridized carbons (Fsp3) is 0.0714. The van der Waals surface area contributed by atoms with Crippen molar-refractivity contribution in [2.75, 3.05) is 6.79 Å². The fourth-order valence-corrected chi connectivity index (χ4v) is 2.86. The second-order valence-electron chi connectivity index (χ2n) is 4.59. The second kappa shape index (κ2) is 4.47.